The SMILES string of the molecule is C=CCOc1ccccc1OCCNCC(O)c1ccc(C)c(S(N)(=O)=O)c1. The lowest BCUT2D eigenvalue weighted by Gasteiger charge is -2.15. The van der Waals surface area contributed by atoms with Crippen molar-refractivity contribution in [3.63, 3.8) is 0 Å². The minimum absolute atomic E-state index is 0.0171. The van der Waals surface area contributed by atoms with Crippen LogP contribution in [0, 0.1) is 6.92 Å². The molecular weight excluding hydrogens is 380 g/mol. The minimum atomic E-state index is -3.83. The first-order valence-corrected chi connectivity index (χ1v) is 10.3. The zero-order chi connectivity index (χ0) is 20.6. The van der Waals surface area contributed by atoms with E-state index in [9.17, 15) is 13.5 Å². The van der Waals surface area contributed by atoms with Crippen LogP contribution in [0.2, 0.25) is 0 Å². The quantitative estimate of drug-likeness (QED) is 0.388. The molecule has 8 heteroatoms. The number of ether oxygens (including phenoxy) is 2. The van der Waals surface area contributed by atoms with E-state index < -0.39 is 16.1 Å². The Hall–Kier alpha value is -2.39. The summed E-state index contributed by atoms with van der Waals surface area (Å²) in [5.74, 6) is 1.26. The highest BCUT2D eigenvalue weighted by Gasteiger charge is 2.15. The van der Waals surface area contributed by atoms with E-state index in [1.165, 1.54) is 6.07 Å². The van der Waals surface area contributed by atoms with Gasteiger partial charge in [0.15, 0.2) is 11.5 Å². The molecule has 0 bridgehead atoms. The molecule has 0 spiro atoms. The highest BCUT2D eigenvalue weighted by Crippen LogP contribution is 2.26. The van der Waals surface area contributed by atoms with Gasteiger partial charge in [-0.1, -0.05) is 36.9 Å². The fourth-order valence-corrected chi connectivity index (χ4v) is 3.37. The molecule has 2 aromatic rings. The zero-order valence-corrected chi connectivity index (χ0v) is 16.6. The molecule has 4 N–H and O–H groups in total. The van der Waals surface area contributed by atoms with E-state index >= 15 is 0 Å². The van der Waals surface area contributed by atoms with E-state index in [0.29, 0.717) is 42.4 Å². The number of benzene rings is 2. The van der Waals surface area contributed by atoms with Gasteiger partial charge in [0.1, 0.15) is 13.2 Å². The highest BCUT2D eigenvalue weighted by atomic mass is 32.2. The summed E-state index contributed by atoms with van der Waals surface area (Å²) in [6.45, 7) is 6.76. The number of rotatable bonds is 11. The molecule has 1 atom stereocenters. The maximum absolute atomic E-state index is 11.6. The largest absolute Gasteiger partial charge is 0.488 e. The van der Waals surface area contributed by atoms with Gasteiger partial charge in [0.25, 0.3) is 0 Å². The fraction of sp³-hybridized carbons (Fsp3) is 0.300. The third-order valence-electron chi connectivity index (χ3n) is 3.98. The van der Waals surface area contributed by atoms with Crippen molar-refractivity contribution in [3.05, 3.63) is 66.2 Å². The minimum Gasteiger partial charge on any atom is -0.488 e. The number of sulfonamides is 1. The Morgan fingerprint density at radius 3 is 2.54 bits per heavy atom. The van der Waals surface area contributed by atoms with Crippen LogP contribution < -0.4 is 19.9 Å². The lowest BCUT2D eigenvalue weighted by atomic mass is 10.1. The van der Waals surface area contributed by atoms with E-state index in [1.807, 2.05) is 24.3 Å². The number of nitrogens with two attached hydrogens (primary N) is 1. The molecule has 7 nitrogen and oxygen atoms in total. The molecule has 0 radical (unpaired) electrons. The van der Waals surface area contributed by atoms with Crippen LogP contribution in [0.1, 0.15) is 17.2 Å². The summed E-state index contributed by atoms with van der Waals surface area (Å²) in [4.78, 5) is 0.0171. The van der Waals surface area contributed by atoms with Crippen molar-refractivity contribution in [1.29, 1.82) is 0 Å². The van der Waals surface area contributed by atoms with Crippen LogP contribution >= 0.6 is 0 Å². The van der Waals surface area contributed by atoms with Gasteiger partial charge in [-0.15, -0.1) is 0 Å². The van der Waals surface area contributed by atoms with Gasteiger partial charge in [-0.2, -0.15) is 0 Å². The molecule has 28 heavy (non-hydrogen) atoms. The predicted octanol–water partition coefficient (Wildman–Crippen LogP) is 1.91. The number of aliphatic hydroxyl groups excluding tert-OH is 1. The Bertz CT molecular complexity index is 899. The van der Waals surface area contributed by atoms with Crippen molar-refractivity contribution >= 4 is 10.0 Å². The molecule has 152 valence electrons. The molecule has 0 aliphatic rings. The normalized spacial score (nSPS) is 12.4. The maximum Gasteiger partial charge on any atom is 0.238 e. The summed E-state index contributed by atoms with van der Waals surface area (Å²) in [7, 11) is -3.83. The zero-order valence-electron chi connectivity index (χ0n) is 15.8. The third-order valence-corrected chi connectivity index (χ3v) is 5.04. The third kappa shape index (κ3) is 6.35. The smallest absolute Gasteiger partial charge is 0.238 e. The standard InChI is InChI=1S/C20H26N2O5S/c1-3-11-26-18-6-4-5-7-19(18)27-12-10-22-14-17(23)16-9-8-15(2)20(13-16)28(21,24)25/h3-9,13,17,22-23H,1,10-12,14H2,2H3,(H2,21,24,25). The van der Waals surface area contributed by atoms with E-state index in [4.69, 9.17) is 14.6 Å². The van der Waals surface area contributed by atoms with Crippen molar-refractivity contribution < 1.29 is 23.0 Å². The fourth-order valence-electron chi connectivity index (χ4n) is 2.56. The van der Waals surface area contributed by atoms with Crippen molar-refractivity contribution in [3.8, 4) is 11.5 Å². The van der Waals surface area contributed by atoms with Gasteiger partial charge in [-0.05, 0) is 36.2 Å². The van der Waals surface area contributed by atoms with Gasteiger partial charge < -0.3 is 19.9 Å². The Balaban J connectivity index is 1.84. The highest BCUT2D eigenvalue weighted by molar-refractivity contribution is 7.89. The molecule has 1 unspecified atom stereocenters. The molecule has 0 aliphatic heterocycles. The van der Waals surface area contributed by atoms with E-state index in [0.717, 1.165) is 0 Å². The van der Waals surface area contributed by atoms with Gasteiger partial charge in [-0.25, -0.2) is 13.6 Å². The Labute approximate surface area is 165 Å². The average molecular weight is 407 g/mol. The number of hydrogen-bond acceptors (Lipinski definition) is 6. The van der Waals surface area contributed by atoms with Gasteiger partial charge >= 0.3 is 0 Å². The second-order valence-electron chi connectivity index (χ2n) is 6.18. The van der Waals surface area contributed by atoms with Crippen molar-refractivity contribution in [2.45, 2.75) is 17.9 Å². The first-order valence-electron chi connectivity index (χ1n) is 8.80. The van der Waals surface area contributed by atoms with Gasteiger partial charge in [0.2, 0.25) is 10.0 Å². The molecule has 0 aliphatic carbocycles. The van der Waals surface area contributed by atoms with Crippen LogP contribution in [-0.2, 0) is 10.0 Å². The van der Waals surface area contributed by atoms with Crippen LogP contribution in [0.15, 0.2) is 60.0 Å². The number of primary sulfonamides is 1. The molecule has 0 amide bonds. The first-order chi connectivity index (χ1) is 13.3. The lowest BCUT2D eigenvalue weighted by molar-refractivity contribution is 0.171. The maximum atomic E-state index is 11.6. The molecular formula is C20H26N2O5S. The van der Waals surface area contributed by atoms with Crippen LogP contribution in [0.4, 0.5) is 0 Å². The molecule has 2 aromatic carbocycles. The number of aliphatic hydroxyl groups is 1. The van der Waals surface area contributed by atoms with Crippen molar-refractivity contribution in [1.82, 2.24) is 5.32 Å². The summed E-state index contributed by atoms with van der Waals surface area (Å²) < 4.78 is 34.4. The Kier molecular flexibility index (Phi) is 8.01. The monoisotopic (exact) mass is 406 g/mol. The van der Waals surface area contributed by atoms with Gasteiger partial charge in [-0.3, -0.25) is 0 Å². The number of nitrogens with one attached hydrogen (secondary N) is 1. The number of aryl methyl sites for hydroxylation is 1. The van der Waals surface area contributed by atoms with Gasteiger partial charge in [0, 0.05) is 13.1 Å². The van der Waals surface area contributed by atoms with Crippen molar-refractivity contribution in [2.24, 2.45) is 5.14 Å². The van der Waals surface area contributed by atoms with E-state index in [1.54, 1.807) is 25.1 Å². The number of hydrogen-bond donors (Lipinski definition) is 3. The predicted molar refractivity (Wildman–Crippen MR) is 108 cm³/mol. The first kappa shape index (κ1) is 21.9. The van der Waals surface area contributed by atoms with Crippen molar-refractivity contribution in [2.75, 3.05) is 26.3 Å². The molecule has 0 aromatic heterocycles. The Morgan fingerprint density at radius 2 is 1.89 bits per heavy atom. The molecule has 0 heterocycles. The molecule has 2 rings (SSSR count). The second kappa shape index (κ2) is 10.2. The van der Waals surface area contributed by atoms with E-state index in [-0.39, 0.29) is 11.4 Å². The van der Waals surface area contributed by atoms with E-state index in [2.05, 4.69) is 11.9 Å². The summed E-state index contributed by atoms with van der Waals surface area (Å²) >= 11 is 0. The Morgan fingerprint density at radius 1 is 1.21 bits per heavy atom. The molecule has 0 saturated heterocycles. The summed E-state index contributed by atoms with van der Waals surface area (Å²) in [5.41, 5.74) is 1.02. The molecule has 0 fully saturated rings. The number of para-hydroxylation sites is 2. The summed E-state index contributed by atoms with van der Waals surface area (Å²) in [6, 6.07) is 12.1. The lowest BCUT2D eigenvalue weighted by Crippen LogP contribution is -2.26. The van der Waals surface area contributed by atoms with Crippen LogP contribution in [0.5, 0.6) is 11.5 Å². The van der Waals surface area contributed by atoms with Crippen LogP contribution in [0.25, 0.3) is 0 Å². The van der Waals surface area contributed by atoms with Crippen LogP contribution in [-0.4, -0.2) is 39.8 Å². The summed E-state index contributed by atoms with van der Waals surface area (Å²) in [6.07, 6.45) is 0.788. The molecule has 0 saturated carbocycles. The van der Waals surface area contributed by atoms with Gasteiger partial charge in [0.05, 0.1) is 11.0 Å². The second-order valence-corrected chi connectivity index (χ2v) is 7.71. The topological polar surface area (TPSA) is 111 Å². The summed E-state index contributed by atoms with van der Waals surface area (Å²) in [5, 5.41) is 18.6. The van der Waals surface area contributed by atoms with Crippen LogP contribution in [0.3, 0.4) is 0 Å². The average Bonchev–Trinajstić information content (AvgIpc) is 2.66.